The Morgan fingerprint density at radius 1 is 1.00 bits per heavy atom. The summed E-state index contributed by atoms with van der Waals surface area (Å²) < 4.78 is 42.4. The van der Waals surface area contributed by atoms with E-state index in [2.05, 4.69) is 4.72 Å². The highest BCUT2D eigenvalue weighted by molar-refractivity contribution is 7.88. The van der Waals surface area contributed by atoms with Gasteiger partial charge in [-0.1, -0.05) is 12.1 Å². The van der Waals surface area contributed by atoms with Crippen molar-refractivity contribution in [2.45, 2.75) is 19.3 Å². The van der Waals surface area contributed by atoms with Crippen LogP contribution >= 0.6 is 0 Å². The SMILES string of the molecule is CS(=O)(=O)NCCc1ccc(C(=O)OCCCC(=O)c2ccc(F)cc2)cc1. The molecule has 28 heavy (non-hydrogen) atoms. The molecule has 0 amide bonds. The van der Waals surface area contributed by atoms with Crippen molar-refractivity contribution in [2.24, 2.45) is 0 Å². The maximum absolute atomic E-state index is 12.8. The molecular formula is C20H22FNO5S. The number of carbonyl (C=O) groups is 2. The molecule has 0 atom stereocenters. The van der Waals surface area contributed by atoms with Crippen molar-refractivity contribution in [2.75, 3.05) is 19.4 Å². The molecule has 2 aromatic carbocycles. The first kappa shape index (κ1) is 21.7. The van der Waals surface area contributed by atoms with Crippen LogP contribution in [0.2, 0.25) is 0 Å². The molecule has 0 aliphatic carbocycles. The Morgan fingerprint density at radius 3 is 2.21 bits per heavy atom. The van der Waals surface area contributed by atoms with Gasteiger partial charge < -0.3 is 4.74 Å². The van der Waals surface area contributed by atoms with Crippen LogP contribution in [0.25, 0.3) is 0 Å². The Hall–Kier alpha value is -2.58. The molecule has 0 saturated carbocycles. The largest absolute Gasteiger partial charge is 0.462 e. The van der Waals surface area contributed by atoms with Gasteiger partial charge in [0.25, 0.3) is 0 Å². The Labute approximate surface area is 163 Å². The van der Waals surface area contributed by atoms with Crippen LogP contribution in [0.3, 0.4) is 0 Å². The number of hydrogen-bond donors (Lipinski definition) is 1. The third-order valence-electron chi connectivity index (χ3n) is 3.92. The number of benzene rings is 2. The number of hydrogen-bond acceptors (Lipinski definition) is 5. The van der Waals surface area contributed by atoms with Crippen LogP contribution in [0.5, 0.6) is 0 Å². The predicted molar refractivity (Wildman–Crippen MR) is 103 cm³/mol. The molecule has 1 N–H and O–H groups in total. The number of nitrogens with one attached hydrogen (secondary N) is 1. The molecule has 0 aliphatic rings. The van der Waals surface area contributed by atoms with Gasteiger partial charge in [-0.15, -0.1) is 0 Å². The number of Topliss-reactive ketones (excluding diaryl/α,β-unsaturated/α-hetero) is 1. The van der Waals surface area contributed by atoms with Gasteiger partial charge >= 0.3 is 5.97 Å². The minimum atomic E-state index is -3.22. The summed E-state index contributed by atoms with van der Waals surface area (Å²) in [6.45, 7) is 0.385. The van der Waals surface area contributed by atoms with E-state index >= 15 is 0 Å². The highest BCUT2D eigenvalue weighted by Crippen LogP contribution is 2.09. The number of halogens is 1. The lowest BCUT2D eigenvalue weighted by Crippen LogP contribution is -2.24. The zero-order valence-electron chi connectivity index (χ0n) is 15.5. The molecule has 8 heteroatoms. The molecule has 0 heterocycles. The second-order valence-corrected chi connectivity index (χ2v) is 8.12. The molecule has 0 aliphatic heterocycles. The van der Waals surface area contributed by atoms with E-state index in [1.165, 1.54) is 24.3 Å². The average Bonchev–Trinajstić information content (AvgIpc) is 2.65. The lowest BCUT2D eigenvalue weighted by Gasteiger charge is -2.06. The minimum absolute atomic E-state index is 0.103. The summed E-state index contributed by atoms with van der Waals surface area (Å²) in [4.78, 5) is 24.0. The summed E-state index contributed by atoms with van der Waals surface area (Å²) in [5, 5.41) is 0. The van der Waals surface area contributed by atoms with Crippen molar-refractivity contribution < 1.29 is 27.1 Å². The second kappa shape index (κ2) is 10.1. The monoisotopic (exact) mass is 407 g/mol. The third-order valence-corrected chi connectivity index (χ3v) is 4.64. The first-order chi connectivity index (χ1) is 13.2. The summed E-state index contributed by atoms with van der Waals surface area (Å²) >= 11 is 0. The topological polar surface area (TPSA) is 89.5 Å². The Balaban J connectivity index is 1.72. The van der Waals surface area contributed by atoms with Gasteiger partial charge in [0, 0.05) is 18.5 Å². The van der Waals surface area contributed by atoms with Crippen LogP contribution in [0, 0.1) is 5.82 Å². The van der Waals surface area contributed by atoms with Crippen LogP contribution < -0.4 is 4.72 Å². The van der Waals surface area contributed by atoms with Gasteiger partial charge in [0.1, 0.15) is 5.82 Å². The third kappa shape index (κ3) is 7.58. The number of esters is 1. The fourth-order valence-corrected chi connectivity index (χ4v) is 2.92. The Morgan fingerprint density at radius 2 is 1.61 bits per heavy atom. The molecule has 0 saturated heterocycles. The van der Waals surface area contributed by atoms with Crippen LogP contribution in [-0.2, 0) is 21.2 Å². The van der Waals surface area contributed by atoms with Gasteiger partial charge in [-0.25, -0.2) is 22.3 Å². The molecule has 150 valence electrons. The van der Waals surface area contributed by atoms with Gasteiger partial charge in [0.2, 0.25) is 10.0 Å². The molecule has 0 aromatic heterocycles. The first-order valence-electron chi connectivity index (χ1n) is 8.74. The van der Waals surface area contributed by atoms with Gasteiger partial charge in [-0.3, -0.25) is 4.79 Å². The Kier molecular flexibility index (Phi) is 7.83. The van der Waals surface area contributed by atoms with Crippen molar-refractivity contribution >= 4 is 21.8 Å². The maximum atomic E-state index is 12.8. The van der Waals surface area contributed by atoms with Gasteiger partial charge in [-0.2, -0.15) is 0 Å². The van der Waals surface area contributed by atoms with E-state index in [1.807, 2.05) is 0 Å². The number of carbonyl (C=O) groups excluding carboxylic acids is 2. The zero-order valence-corrected chi connectivity index (χ0v) is 16.3. The Bertz CT molecular complexity index is 909. The van der Waals surface area contributed by atoms with Crippen molar-refractivity contribution in [1.82, 2.24) is 4.72 Å². The van der Waals surface area contributed by atoms with E-state index in [4.69, 9.17) is 4.74 Å². The van der Waals surface area contributed by atoms with E-state index in [1.54, 1.807) is 24.3 Å². The highest BCUT2D eigenvalue weighted by atomic mass is 32.2. The van der Waals surface area contributed by atoms with Crippen LogP contribution in [0.1, 0.15) is 39.1 Å². The summed E-state index contributed by atoms with van der Waals surface area (Å²) in [6.07, 6.45) is 2.18. The van der Waals surface area contributed by atoms with Crippen LogP contribution in [0.4, 0.5) is 4.39 Å². The predicted octanol–water partition coefficient (Wildman–Crippen LogP) is 2.74. The lowest BCUT2D eigenvalue weighted by molar-refractivity contribution is 0.0494. The summed E-state index contributed by atoms with van der Waals surface area (Å²) in [5.74, 6) is -1.03. The summed E-state index contributed by atoms with van der Waals surface area (Å²) in [7, 11) is -3.22. The number of ketones is 1. The molecule has 0 unspecified atom stereocenters. The molecule has 0 fully saturated rings. The fourth-order valence-electron chi connectivity index (χ4n) is 2.45. The number of rotatable bonds is 10. The smallest absolute Gasteiger partial charge is 0.338 e. The minimum Gasteiger partial charge on any atom is -0.462 e. The molecule has 0 radical (unpaired) electrons. The number of ether oxygens (including phenoxy) is 1. The van der Waals surface area contributed by atoms with Crippen molar-refractivity contribution in [3.05, 3.63) is 71.0 Å². The van der Waals surface area contributed by atoms with Crippen LogP contribution in [-0.4, -0.2) is 39.6 Å². The molecule has 0 bridgehead atoms. The van der Waals surface area contributed by atoms with Crippen molar-refractivity contribution in [1.29, 1.82) is 0 Å². The molecule has 2 rings (SSSR count). The van der Waals surface area contributed by atoms with Crippen molar-refractivity contribution in [3.63, 3.8) is 0 Å². The van der Waals surface area contributed by atoms with E-state index in [0.717, 1.165) is 11.8 Å². The molecule has 6 nitrogen and oxygen atoms in total. The van der Waals surface area contributed by atoms with E-state index in [9.17, 15) is 22.4 Å². The first-order valence-corrected chi connectivity index (χ1v) is 10.6. The van der Waals surface area contributed by atoms with Crippen LogP contribution in [0.15, 0.2) is 48.5 Å². The molecular weight excluding hydrogens is 385 g/mol. The lowest BCUT2D eigenvalue weighted by atomic mass is 10.1. The van der Waals surface area contributed by atoms with Gasteiger partial charge in [0.05, 0.1) is 18.4 Å². The van der Waals surface area contributed by atoms with E-state index in [0.29, 0.717) is 24.0 Å². The van der Waals surface area contributed by atoms with Gasteiger partial charge in [0.15, 0.2) is 5.78 Å². The average molecular weight is 407 g/mol. The van der Waals surface area contributed by atoms with Crippen molar-refractivity contribution in [3.8, 4) is 0 Å². The zero-order chi connectivity index (χ0) is 20.6. The summed E-state index contributed by atoms with van der Waals surface area (Å²) in [5.41, 5.74) is 1.69. The highest BCUT2D eigenvalue weighted by Gasteiger charge is 2.09. The van der Waals surface area contributed by atoms with E-state index in [-0.39, 0.29) is 25.4 Å². The fraction of sp³-hybridized carbons (Fsp3) is 0.300. The number of sulfonamides is 1. The standard InChI is InChI=1S/C20H22FNO5S/c1-28(25,26)22-13-12-15-4-6-17(7-5-15)20(24)27-14-2-3-19(23)16-8-10-18(21)11-9-16/h4-11,22H,2-3,12-14H2,1H3. The molecule has 2 aromatic rings. The summed E-state index contributed by atoms with van der Waals surface area (Å²) in [6, 6.07) is 12.0. The molecule has 0 spiro atoms. The van der Waals surface area contributed by atoms with Gasteiger partial charge in [-0.05, 0) is 54.8 Å². The maximum Gasteiger partial charge on any atom is 0.338 e. The second-order valence-electron chi connectivity index (χ2n) is 6.28. The van der Waals surface area contributed by atoms with E-state index < -0.39 is 21.8 Å². The normalized spacial score (nSPS) is 11.2. The quantitative estimate of drug-likeness (QED) is 0.372.